The molecule has 27 heavy (non-hydrogen) atoms. The van der Waals surface area contributed by atoms with Crippen molar-refractivity contribution in [3.63, 3.8) is 0 Å². The summed E-state index contributed by atoms with van der Waals surface area (Å²) in [6, 6.07) is 14.0. The second kappa shape index (κ2) is 7.35. The van der Waals surface area contributed by atoms with Crippen molar-refractivity contribution in [3.05, 3.63) is 59.3 Å². The molecule has 1 atom stereocenters. The number of hydrogen-bond acceptors (Lipinski definition) is 3. The van der Waals surface area contributed by atoms with E-state index in [0.717, 1.165) is 12.8 Å². The molecule has 0 bridgehead atoms. The normalized spacial score (nSPS) is 15.6. The van der Waals surface area contributed by atoms with E-state index in [0.29, 0.717) is 18.1 Å². The Labute approximate surface area is 158 Å². The highest BCUT2D eigenvalue weighted by Crippen LogP contribution is 2.31. The molecule has 5 heteroatoms. The van der Waals surface area contributed by atoms with Gasteiger partial charge in [-0.25, -0.2) is 0 Å². The Kier molecular flexibility index (Phi) is 4.75. The van der Waals surface area contributed by atoms with Crippen LogP contribution in [0.25, 0.3) is 10.9 Å². The molecule has 3 aromatic rings. The van der Waals surface area contributed by atoms with Crippen molar-refractivity contribution in [3.8, 4) is 11.5 Å². The van der Waals surface area contributed by atoms with Crippen LogP contribution in [-0.4, -0.2) is 30.1 Å². The van der Waals surface area contributed by atoms with Crippen molar-refractivity contribution in [1.29, 1.82) is 0 Å². The standard InChI is InChI=1S/C22H24N2O3/c1-3-26-20-6-4-5-7-21(20)27-13-22(25)23-15-11-17-16-10-14(2)8-9-18(16)24-19(17)12-15/h4-10,15,24H,3,11-13H2,1-2H3,(H,23,25). The molecule has 0 fully saturated rings. The number of aryl methyl sites for hydroxylation is 1. The van der Waals surface area contributed by atoms with Gasteiger partial charge in [0, 0.05) is 29.1 Å². The molecular weight excluding hydrogens is 340 g/mol. The molecule has 4 rings (SSSR count). The molecule has 0 saturated carbocycles. The number of ether oxygens (including phenoxy) is 2. The van der Waals surface area contributed by atoms with Gasteiger partial charge in [0.05, 0.1) is 6.61 Å². The van der Waals surface area contributed by atoms with Crippen molar-refractivity contribution < 1.29 is 14.3 Å². The van der Waals surface area contributed by atoms with Gasteiger partial charge in [-0.1, -0.05) is 23.8 Å². The average molecular weight is 364 g/mol. The van der Waals surface area contributed by atoms with Crippen LogP contribution in [0.2, 0.25) is 0 Å². The molecule has 140 valence electrons. The zero-order chi connectivity index (χ0) is 18.8. The average Bonchev–Trinajstić information content (AvgIpc) is 3.18. The minimum absolute atomic E-state index is 0.0195. The first-order valence-electron chi connectivity index (χ1n) is 9.38. The highest BCUT2D eigenvalue weighted by molar-refractivity contribution is 5.86. The Morgan fingerprint density at radius 3 is 2.70 bits per heavy atom. The van der Waals surface area contributed by atoms with E-state index in [4.69, 9.17) is 9.47 Å². The molecular formula is C22H24N2O3. The largest absolute Gasteiger partial charge is 0.490 e. The lowest BCUT2D eigenvalue weighted by Crippen LogP contribution is -2.38. The van der Waals surface area contributed by atoms with Crippen LogP contribution in [0.3, 0.4) is 0 Å². The fraction of sp³-hybridized carbons (Fsp3) is 0.318. The van der Waals surface area contributed by atoms with Gasteiger partial charge < -0.3 is 19.8 Å². The monoisotopic (exact) mass is 364 g/mol. The number of carbonyl (C=O) groups excluding carboxylic acids is 1. The maximum Gasteiger partial charge on any atom is 0.258 e. The number of carbonyl (C=O) groups is 1. The fourth-order valence-corrected chi connectivity index (χ4v) is 3.75. The summed E-state index contributed by atoms with van der Waals surface area (Å²) in [6.07, 6.45) is 1.67. The van der Waals surface area contributed by atoms with Crippen molar-refractivity contribution >= 4 is 16.8 Å². The van der Waals surface area contributed by atoms with Crippen LogP contribution in [-0.2, 0) is 17.6 Å². The number of rotatable bonds is 6. The van der Waals surface area contributed by atoms with E-state index in [1.54, 1.807) is 0 Å². The molecule has 5 nitrogen and oxygen atoms in total. The summed E-state index contributed by atoms with van der Waals surface area (Å²) < 4.78 is 11.2. The first-order chi connectivity index (χ1) is 13.1. The summed E-state index contributed by atoms with van der Waals surface area (Å²) in [4.78, 5) is 15.8. The third kappa shape index (κ3) is 3.63. The number of fused-ring (bicyclic) bond motifs is 3. The number of hydrogen-bond donors (Lipinski definition) is 2. The molecule has 1 heterocycles. The molecule has 0 radical (unpaired) electrons. The summed E-state index contributed by atoms with van der Waals surface area (Å²) in [7, 11) is 0. The predicted molar refractivity (Wildman–Crippen MR) is 105 cm³/mol. The molecule has 1 aliphatic carbocycles. The van der Waals surface area contributed by atoms with Crippen molar-refractivity contribution in [1.82, 2.24) is 10.3 Å². The van der Waals surface area contributed by atoms with Crippen LogP contribution in [0.15, 0.2) is 42.5 Å². The second-order valence-corrected chi connectivity index (χ2v) is 6.97. The Bertz CT molecular complexity index is 977. The van der Waals surface area contributed by atoms with Gasteiger partial charge in [0.2, 0.25) is 0 Å². The Hall–Kier alpha value is -2.95. The van der Waals surface area contributed by atoms with E-state index in [1.165, 1.54) is 27.7 Å². The van der Waals surface area contributed by atoms with Gasteiger partial charge in [0.25, 0.3) is 5.91 Å². The van der Waals surface area contributed by atoms with E-state index in [2.05, 4.69) is 35.4 Å². The summed E-state index contributed by atoms with van der Waals surface area (Å²) in [5.41, 5.74) is 4.97. The molecule has 0 spiro atoms. The lowest BCUT2D eigenvalue weighted by atomic mass is 10.1. The van der Waals surface area contributed by atoms with Crippen molar-refractivity contribution in [2.75, 3.05) is 13.2 Å². The van der Waals surface area contributed by atoms with E-state index < -0.39 is 0 Å². The number of para-hydroxylation sites is 2. The summed E-state index contributed by atoms with van der Waals surface area (Å²) in [5, 5.41) is 4.36. The van der Waals surface area contributed by atoms with Gasteiger partial charge in [-0.05, 0) is 50.1 Å². The fourth-order valence-electron chi connectivity index (χ4n) is 3.75. The maximum absolute atomic E-state index is 12.3. The summed E-state index contributed by atoms with van der Waals surface area (Å²) in [5.74, 6) is 1.13. The van der Waals surface area contributed by atoms with Crippen LogP contribution >= 0.6 is 0 Å². The Morgan fingerprint density at radius 1 is 1.15 bits per heavy atom. The molecule has 0 saturated heterocycles. The lowest BCUT2D eigenvalue weighted by molar-refractivity contribution is -0.123. The van der Waals surface area contributed by atoms with E-state index in [-0.39, 0.29) is 18.6 Å². The number of aromatic nitrogens is 1. The highest BCUT2D eigenvalue weighted by atomic mass is 16.5. The molecule has 1 aromatic heterocycles. The number of H-pyrrole nitrogens is 1. The number of nitrogens with one attached hydrogen (secondary N) is 2. The van der Waals surface area contributed by atoms with Gasteiger partial charge in [-0.2, -0.15) is 0 Å². The molecule has 1 unspecified atom stereocenters. The molecule has 1 amide bonds. The zero-order valence-electron chi connectivity index (χ0n) is 15.7. The quantitative estimate of drug-likeness (QED) is 0.703. The first-order valence-corrected chi connectivity index (χ1v) is 9.38. The highest BCUT2D eigenvalue weighted by Gasteiger charge is 2.26. The predicted octanol–water partition coefficient (Wildman–Crippen LogP) is 3.54. The number of benzene rings is 2. The van der Waals surface area contributed by atoms with E-state index in [9.17, 15) is 4.79 Å². The third-order valence-corrected chi connectivity index (χ3v) is 4.92. The summed E-state index contributed by atoms with van der Waals surface area (Å²) >= 11 is 0. The molecule has 2 aromatic carbocycles. The lowest BCUT2D eigenvalue weighted by Gasteiger charge is -2.14. The van der Waals surface area contributed by atoms with Crippen LogP contribution in [0.4, 0.5) is 0 Å². The third-order valence-electron chi connectivity index (χ3n) is 4.92. The van der Waals surface area contributed by atoms with Gasteiger partial charge in [-0.15, -0.1) is 0 Å². The second-order valence-electron chi connectivity index (χ2n) is 6.97. The minimum atomic E-state index is -0.114. The topological polar surface area (TPSA) is 63.4 Å². The smallest absolute Gasteiger partial charge is 0.258 e. The summed E-state index contributed by atoms with van der Waals surface area (Å²) in [6.45, 7) is 4.56. The maximum atomic E-state index is 12.3. The van der Waals surface area contributed by atoms with Gasteiger partial charge >= 0.3 is 0 Å². The van der Waals surface area contributed by atoms with E-state index >= 15 is 0 Å². The van der Waals surface area contributed by atoms with Crippen LogP contribution in [0.1, 0.15) is 23.7 Å². The SMILES string of the molecule is CCOc1ccccc1OCC(=O)NC1Cc2[nH]c3ccc(C)cc3c2C1. The molecule has 1 aliphatic rings. The van der Waals surface area contributed by atoms with Crippen LogP contribution in [0.5, 0.6) is 11.5 Å². The van der Waals surface area contributed by atoms with Gasteiger partial charge in [-0.3, -0.25) is 4.79 Å². The Balaban J connectivity index is 1.36. The van der Waals surface area contributed by atoms with Gasteiger partial charge in [0.15, 0.2) is 18.1 Å². The number of amides is 1. The number of aromatic amines is 1. The minimum Gasteiger partial charge on any atom is -0.490 e. The molecule has 2 N–H and O–H groups in total. The Morgan fingerprint density at radius 2 is 1.93 bits per heavy atom. The molecule has 0 aliphatic heterocycles. The van der Waals surface area contributed by atoms with Crippen molar-refractivity contribution in [2.24, 2.45) is 0 Å². The van der Waals surface area contributed by atoms with Crippen LogP contribution in [0, 0.1) is 6.92 Å². The van der Waals surface area contributed by atoms with Crippen LogP contribution < -0.4 is 14.8 Å². The first kappa shape index (κ1) is 17.5. The zero-order valence-corrected chi connectivity index (χ0v) is 15.7. The van der Waals surface area contributed by atoms with Crippen molar-refractivity contribution in [2.45, 2.75) is 32.7 Å². The van der Waals surface area contributed by atoms with Gasteiger partial charge in [0.1, 0.15) is 0 Å². The van der Waals surface area contributed by atoms with E-state index in [1.807, 2.05) is 31.2 Å².